The number of benzene rings is 10. The maximum absolute atomic E-state index is 6.28. The predicted octanol–water partition coefficient (Wildman–Crippen LogP) is 19.1. The first-order valence-electron chi connectivity index (χ1n) is 27.8. The molecule has 18 rings (SSSR count). The van der Waals surface area contributed by atoms with Gasteiger partial charge in [-0.3, -0.25) is 0 Å². The largest absolute Gasteiger partial charge is 0.456 e. The van der Waals surface area contributed by atoms with Crippen LogP contribution in [0.4, 0.5) is 0 Å². The lowest BCUT2D eigenvalue weighted by Crippen LogP contribution is -2.44. The van der Waals surface area contributed by atoms with E-state index in [-0.39, 0.29) is 10.8 Å². The highest BCUT2D eigenvalue weighted by Crippen LogP contribution is 2.78. The molecule has 10 aromatic carbocycles. The smallest absolute Gasteiger partial charge is 0.135 e. The first kappa shape index (κ1) is 41.9. The fraction of sp³-hybridized carbons (Fsp3) is 0.178. The van der Waals surface area contributed by atoms with Crippen LogP contribution in [0.25, 0.3) is 121 Å². The van der Waals surface area contributed by atoms with E-state index < -0.39 is 0 Å². The van der Waals surface area contributed by atoms with Gasteiger partial charge in [-0.15, -0.1) is 0 Å². The quantitative estimate of drug-likeness (QED) is 0.172. The molecule has 3 fully saturated rings. The highest BCUT2D eigenvalue weighted by molar-refractivity contribution is 6.13. The standard InChI is InChI=1S/C73H54N2O/c1-42-39-72-40-47(72)36-48(41-72)73(42)61-16-8-4-12-51(61)54-27-21-44(33-64(54)73)43-20-26-52-53-30-24-50(38-63(53)71(2,3)62(52)32-43)75-66-18-10-6-14-56(66)58-29-23-46(35-68(58)75)45-22-28-57-55-13-5-9-17-65(55)74(67(57)34-45)49-25-31-70-60(37-49)59-15-7-11-19-69(59)76-70/h4-35,37-38,42,47-48H,36,39-41H2,1-3H3. The lowest BCUT2D eigenvalue weighted by Gasteiger charge is -2.48. The predicted molar refractivity (Wildman–Crippen MR) is 314 cm³/mol. The summed E-state index contributed by atoms with van der Waals surface area (Å²) in [5, 5.41) is 7.27. The Kier molecular flexibility index (Phi) is 7.88. The van der Waals surface area contributed by atoms with Gasteiger partial charge in [0.05, 0.1) is 22.1 Å². The molecule has 76 heavy (non-hydrogen) atoms. The van der Waals surface area contributed by atoms with E-state index >= 15 is 0 Å². The number of nitrogens with zero attached hydrogens (tertiary/aromatic N) is 2. The molecule has 0 amide bonds. The minimum absolute atomic E-state index is 0.110. The maximum Gasteiger partial charge on any atom is 0.135 e. The minimum Gasteiger partial charge on any atom is -0.456 e. The van der Waals surface area contributed by atoms with Crippen LogP contribution in [0, 0.1) is 23.2 Å². The van der Waals surface area contributed by atoms with Crippen molar-refractivity contribution >= 4 is 65.6 Å². The summed E-state index contributed by atoms with van der Waals surface area (Å²) < 4.78 is 11.2. The molecule has 3 heteroatoms. The second kappa shape index (κ2) is 14.3. The third-order valence-corrected chi connectivity index (χ3v) is 20.4. The van der Waals surface area contributed by atoms with Gasteiger partial charge >= 0.3 is 0 Å². The highest BCUT2D eigenvalue weighted by atomic mass is 16.3. The fourth-order valence-corrected chi connectivity index (χ4v) is 17.0. The Morgan fingerprint density at radius 1 is 0.382 bits per heavy atom. The molecule has 0 N–H and O–H groups in total. The summed E-state index contributed by atoms with van der Waals surface area (Å²) in [5.41, 5.74) is 26.2. The number of aromatic nitrogens is 2. The van der Waals surface area contributed by atoms with Crippen LogP contribution in [0.3, 0.4) is 0 Å². The second-order valence-electron chi connectivity index (χ2n) is 24.2. The van der Waals surface area contributed by atoms with Gasteiger partial charge in [-0.2, -0.15) is 0 Å². The van der Waals surface area contributed by atoms with Crippen LogP contribution >= 0.6 is 0 Å². The number of furan rings is 1. The topological polar surface area (TPSA) is 23.0 Å². The van der Waals surface area contributed by atoms with Crippen LogP contribution in [-0.2, 0) is 10.8 Å². The van der Waals surface area contributed by atoms with Gasteiger partial charge in [0, 0.05) is 54.5 Å². The van der Waals surface area contributed by atoms with E-state index in [0.29, 0.717) is 11.3 Å². The number of fused-ring (bicyclic) bond motifs is 19. The van der Waals surface area contributed by atoms with Gasteiger partial charge in [0.25, 0.3) is 0 Å². The van der Waals surface area contributed by atoms with Crippen molar-refractivity contribution in [2.45, 2.75) is 57.3 Å². The monoisotopic (exact) mass is 974 g/mol. The van der Waals surface area contributed by atoms with E-state index in [4.69, 9.17) is 4.42 Å². The molecule has 5 atom stereocenters. The number of rotatable bonds is 4. The van der Waals surface area contributed by atoms with Crippen molar-refractivity contribution in [2.75, 3.05) is 0 Å². The van der Waals surface area contributed by atoms with E-state index in [2.05, 4.69) is 230 Å². The Labute approximate surface area is 441 Å². The molecule has 13 aromatic rings. The van der Waals surface area contributed by atoms with Crippen LogP contribution < -0.4 is 0 Å². The Balaban J connectivity index is 0.742. The highest BCUT2D eigenvalue weighted by Gasteiger charge is 2.70. The number of para-hydroxylation sites is 3. The van der Waals surface area contributed by atoms with Gasteiger partial charge in [-0.05, 0) is 188 Å². The van der Waals surface area contributed by atoms with Gasteiger partial charge in [0.1, 0.15) is 11.2 Å². The summed E-state index contributed by atoms with van der Waals surface area (Å²) in [4.78, 5) is 0. The Morgan fingerprint density at radius 3 is 1.61 bits per heavy atom. The summed E-state index contributed by atoms with van der Waals surface area (Å²) in [6.45, 7) is 7.49. The average molecular weight is 975 g/mol. The molecule has 2 spiro atoms. The van der Waals surface area contributed by atoms with Crippen LogP contribution in [0.15, 0.2) is 211 Å². The van der Waals surface area contributed by atoms with Crippen LogP contribution in [0.2, 0.25) is 0 Å². The molecule has 2 bridgehead atoms. The van der Waals surface area contributed by atoms with E-state index in [9.17, 15) is 0 Å². The zero-order valence-electron chi connectivity index (χ0n) is 43.0. The molecule has 3 nitrogen and oxygen atoms in total. The van der Waals surface area contributed by atoms with Crippen molar-refractivity contribution in [2.24, 2.45) is 23.2 Å². The lowest BCUT2D eigenvalue weighted by molar-refractivity contribution is 0.130. The molecule has 3 heterocycles. The van der Waals surface area contributed by atoms with E-state index in [1.165, 1.54) is 131 Å². The summed E-state index contributed by atoms with van der Waals surface area (Å²) in [6, 6.07) is 78.4. The molecule has 0 radical (unpaired) electrons. The number of hydrogen-bond donors (Lipinski definition) is 0. The van der Waals surface area contributed by atoms with E-state index in [1.807, 2.05) is 6.07 Å². The summed E-state index contributed by atoms with van der Waals surface area (Å²) in [6.07, 6.45) is 5.67. The number of hydrogen-bond acceptors (Lipinski definition) is 1. The Hall–Kier alpha value is -8.40. The first-order valence-corrected chi connectivity index (χ1v) is 27.8. The molecule has 0 saturated heterocycles. The normalized spacial score (nSPS) is 22.3. The van der Waals surface area contributed by atoms with Crippen LogP contribution in [0.1, 0.15) is 68.7 Å². The van der Waals surface area contributed by atoms with E-state index in [1.54, 1.807) is 11.1 Å². The van der Waals surface area contributed by atoms with Crippen molar-refractivity contribution in [1.29, 1.82) is 0 Å². The first-order chi connectivity index (χ1) is 37.2. The van der Waals surface area contributed by atoms with Crippen molar-refractivity contribution in [3.63, 3.8) is 0 Å². The minimum atomic E-state index is -0.199. The van der Waals surface area contributed by atoms with Gasteiger partial charge in [-0.25, -0.2) is 0 Å². The van der Waals surface area contributed by atoms with Gasteiger partial charge < -0.3 is 13.6 Å². The van der Waals surface area contributed by atoms with Crippen molar-refractivity contribution in [3.8, 4) is 55.9 Å². The maximum atomic E-state index is 6.28. The molecular weight excluding hydrogens is 921 g/mol. The third kappa shape index (κ3) is 5.24. The summed E-state index contributed by atoms with van der Waals surface area (Å²) in [7, 11) is 0. The lowest BCUT2D eigenvalue weighted by atomic mass is 9.54. The van der Waals surface area contributed by atoms with Crippen LogP contribution in [-0.4, -0.2) is 9.13 Å². The molecule has 3 aromatic heterocycles. The molecule has 5 aliphatic rings. The zero-order valence-corrected chi connectivity index (χ0v) is 43.0. The zero-order chi connectivity index (χ0) is 50.0. The fourth-order valence-electron chi connectivity index (χ4n) is 17.0. The Bertz CT molecular complexity index is 4750. The molecule has 3 saturated carbocycles. The van der Waals surface area contributed by atoms with E-state index in [0.717, 1.165) is 39.5 Å². The SMILES string of the molecule is CC1CC23CC2CC(C3)C12c1ccccc1-c1ccc(-c3ccc4c(c3)C(C)(C)c3cc(-n5c6ccccc6c6ccc(-c7ccc8c9ccccc9n(-c9ccc%10oc%11ccccc%11c%10c9)c8c7)cc65)ccc3-4)cc12. The van der Waals surface area contributed by atoms with Crippen molar-refractivity contribution in [3.05, 3.63) is 229 Å². The molecule has 362 valence electrons. The van der Waals surface area contributed by atoms with Crippen molar-refractivity contribution in [1.82, 2.24) is 9.13 Å². The van der Waals surface area contributed by atoms with Crippen LogP contribution in [0.5, 0.6) is 0 Å². The van der Waals surface area contributed by atoms with Gasteiger partial charge in [-0.1, -0.05) is 154 Å². The average Bonchev–Trinajstić information content (AvgIpc) is 4.20. The molecule has 0 aliphatic heterocycles. The molecule has 5 aliphatic carbocycles. The second-order valence-corrected chi connectivity index (χ2v) is 24.2. The Morgan fingerprint density at radius 2 is 0.882 bits per heavy atom. The van der Waals surface area contributed by atoms with Crippen molar-refractivity contribution < 1.29 is 4.42 Å². The molecular formula is C73H54N2O. The van der Waals surface area contributed by atoms with Gasteiger partial charge in [0.15, 0.2) is 0 Å². The van der Waals surface area contributed by atoms with Gasteiger partial charge in [0.2, 0.25) is 0 Å². The molecule has 5 unspecified atom stereocenters. The summed E-state index contributed by atoms with van der Waals surface area (Å²) >= 11 is 0. The third-order valence-electron chi connectivity index (χ3n) is 20.4. The summed E-state index contributed by atoms with van der Waals surface area (Å²) in [5.74, 6) is 2.32.